The van der Waals surface area contributed by atoms with E-state index >= 15 is 0 Å². The van der Waals surface area contributed by atoms with Gasteiger partial charge in [0.05, 0.1) is 22.8 Å². The Morgan fingerprint density at radius 3 is 2.73 bits per heavy atom. The Bertz CT molecular complexity index is 385. The minimum atomic E-state index is -0.230. The van der Waals surface area contributed by atoms with Crippen LogP contribution < -0.4 is 0 Å². The largest absolute Gasteiger partial charge is 0.192 e. The highest BCUT2D eigenvalue weighted by Gasteiger charge is 2.06. The van der Waals surface area contributed by atoms with Crippen molar-refractivity contribution >= 4 is 39.1 Å². The van der Waals surface area contributed by atoms with Crippen LogP contribution in [0.15, 0.2) is 16.6 Å². The zero-order valence-corrected chi connectivity index (χ0v) is 8.18. The smallest absolute Gasteiger partial charge is 0.100 e. The molecule has 0 heterocycles. The van der Waals surface area contributed by atoms with Gasteiger partial charge in [0, 0.05) is 0 Å². The van der Waals surface area contributed by atoms with Crippen LogP contribution in [-0.2, 0) is 0 Å². The van der Waals surface area contributed by atoms with Gasteiger partial charge in [0.25, 0.3) is 0 Å². The van der Waals surface area contributed by atoms with E-state index < -0.39 is 0 Å². The maximum absolute atomic E-state index is 8.65. The molecule has 4 heteroatoms. The zero-order chi connectivity index (χ0) is 10.2. The van der Waals surface area contributed by atoms with Gasteiger partial charge in [0.15, 0.2) is 0 Å². The maximum Gasteiger partial charge on any atom is 0.100 e. The highest BCUT2D eigenvalue weighted by atomic mass is 79.9. The summed E-state index contributed by atoms with van der Waals surface area (Å²) in [6, 6.07) is 1.33. The average Bonchev–Trinajstić information content (AvgIpc) is 2.13. The Hall–Kier alpha value is -0.230. The third-order valence-electron chi connectivity index (χ3n) is 1.01. The Morgan fingerprint density at radius 1 is 1.55 bits per heavy atom. The summed E-state index contributed by atoms with van der Waals surface area (Å²) in [5.74, 6) is 0. The maximum atomic E-state index is 8.65. The van der Waals surface area contributed by atoms with Gasteiger partial charge in [-0.2, -0.15) is 5.26 Å². The van der Waals surface area contributed by atoms with Crippen molar-refractivity contribution in [3.05, 3.63) is 32.2 Å². The standard InChI is InChI=1S/C7H2BrCl2N/c8-6-4(3-11)1-2-5(9)7(6)10/h1-2H/i1D,2D. The molecule has 0 saturated heterocycles. The minimum Gasteiger partial charge on any atom is -0.192 e. The number of hydrogen-bond acceptors (Lipinski definition) is 1. The Balaban J connectivity index is 3.69. The summed E-state index contributed by atoms with van der Waals surface area (Å²) in [6.45, 7) is 0. The number of hydrogen-bond donors (Lipinski definition) is 0. The van der Waals surface area contributed by atoms with Gasteiger partial charge in [0.2, 0.25) is 0 Å². The molecule has 0 N–H and O–H groups in total. The van der Waals surface area contributed by atoms with Crippen molar-refractivity contribution in [3.8, 4) is 6.07 Å². The van der Waals surface area contributed by atoms with Crippen LogP contribution in [0, 0.1) is 11.3 Å². The molecule has 0 aliphatic rings. The van der Waals surface area contributed by atoms with Gasteiger partial charge in [-0.1, -0.05) is 23.2 Å². The van der Waals surface area contributed by atoms with E-state index in [0.717, 1.165) is 0 Å². The topological polar surface area (TPSA) is 23.8 Å². The number of benzene rings is 1. The van der Waals surface area contributed by atoms with E-state index in [1.54, 1.807) is 6.07 Å². The molecule has 0 radical (unpaired) electrons. The predicted octanol–water partition coefficient (Wildman–Crippen LogP) is 3.63. The molecule has 1 nitrogen and oxygen atoms in total. The van der Waals surface area contributed by atoms with Gasteiger partial charge in [0.1, 0.15) is 6.07 Å². The first-order valence-corrected chi connectivity index (χ1v) is 4.09. The van der Waals surface area contributed by atoms with Crippen LogP contribution in [-0.4, -0.2) is 0 Å². The van der Waals surface area contributed by atoms with Crippen molar-refractivity contribution in [1.29, 1.82) is 5.26 Å². The van der Waals surface area contributed by atoms with Gasteiger partial charge in [-0.25, -0.2) is 0 Å². The van der Waals surface area contributed by atoms with Crippen LogP contribution in [0.2, 0.25) is 10.0 Å². The van der Waals surface area contributed by atoms with E-state index in [1.807, 2.05) is 0 Å². The molecule has 0 aliphatic heterocycles. The van der Waals surface area contributed by atoms with Crippen molar-refractivity contribution in [3.63, 3.8) is 0 Å². The summed E-state index contributed by atoms with van der Waals surface area (Å²) in [5.41, 5.74) is 0.0272. The molecule has 11 heavy (non-hydrogen) atoms. The fourth-order valence-corrected chi connectivity index (χ4v) is 1.29. The lowest BCUT2D eigenvalue weighted by atomic mass is 10.2. The Labute approximate surface area is 85.5 Å². The molecular weight excluding hydrogens is 249 g/mol. The molecule has 1 aromatic carbocycles. The molecule has 0 unspecified atom stereocenters. The summed E-state index contributed by atoms with van der Waals surface area (Å²) in [6.07, 6.45) is 0. The summed E-state index contributed by atoms with van der Waals surface area (Å²) in [4.78, 5) is 0. The van der Waals surface area contributed by atoms with Crippen molar-refractivity contribution in [1.82, 2.24) is 0 Å². The summed E-state index contributed by atoms with van der Waals surface area (Å²) in [7, 11) is 0. The normalized spacial score (nSPS) is 11.8. The molecular formula is C7H2BrCl2N. The van der Waals surface area contributed by atoms with Crippen LogP contribution in [0.1, 0.15) is 8.30 Å². The molecule has 56 valence electrons. The lowest BCUT2D eigenvalue weighted by Crippen LogP contribution is -1.78. The van der Waals surface area contributed by atoms with Crippen LogP contribution in [0.3, 0.4) is 0 Å². The summed E-state index contributed by atoms with van der Waals surface area (Å²) >= 11 is 14.4. The van der Waals surface area contributed by atoms with Crippen molar-refractivity contribution in [2.24, 2.45) is 0 Å². The number of halogens is 3. The molecule has 0 amide bonds. The highest BCUT2D eigenvalue weighted by Crippen LogP contribution is 2.32. The predicted molar refractivity (Wildman–Crippen MR) is 48.9 cm³/mol. The third-order valence-corrected chi connectivity index (χ3v) is 2.79. The SMILES string of the molecule is [2H]c1c([2H])c(C#N)c(Br)c(Cl)c1Cl. The first kappa shape index (κ1) is 6.30. The second kappa shape index (κ2) is 3.44. The van der Waals surface area contributed by atoms with Gasteiger partial charge >= 0.3 is 0 Å². The molecule has 1 rings (SSSR count). The Morgan fingerprint density at radius 2 is 2.18 bits per heavy atom. The van der Waals surface area contributed by atoms with Gasteiger partial charge in [-0.15, -0.1) is 0 Å². The van der Waals surface area contributed by atoms with E-state index in [-0.39, 0.29) is 32.2 Å². The van der Waals surface area contributed by atoms with Crippen molar-refractivity contribution in [2.75, 3.05) is 0 Å². The third kappa shape index (κ3) is 1.67. The quantitative estimate of drug-likeness (QED) is 0.647. The molecule has 0 aromatic heterocycles. The second-order valence-electron chi connectivity index (χ2n) is 1.68. The van der Waals surface area contributed by atoms with E-state index in [1.165, 1.54) is 0 Å². The van der Waals surface area contributed by atoms with Gasteiger partial charge in [-0.05, 0) is 28.0 Å². The van der Waals surface area contributed by atoms with Crippen LogP contribution in [0.25, 0.3) is 0 Å². The molecule has 1 aromatic rings. The monoisotopic (exact) mass is 251 g/mol. The summed E-state index contributed by atoms with van der Waals surface area (Å²) < 4.78 is 15.0. The van der Waals surface area contributed by atoms with Gasteiger partial charge < -0.3 is 0 Å². The molecule has 0 fully saturated rings. The molecule has 0 bridgehead atoms. The molecule has 0 saturated carbocycles. The second-order valence-corrected chi connectivity index (χ2v) is 3.23. The number of rotatable bonds is 0. The number of nitrogens with zero attached hydrogens (tertiary/aromatic N) is 1. The lowest BCUT2D eigenvalue weighted by molar-refractivity contribution is 1.47. The lowest BCUT2D eigenvalue weighted by Gasteiger charge is -1.98. The van der Waals surface area contributed by atoms with Crippen LogP contribution in [0.5, 0.6) is 0 Å². The van der Waals surface area contributed by atoms with Crippen molar-refractivity contribution < 1.29 is 2.74 Å². The van der Waals surface area contributed by atoms with E-state index in [2.05, 4.69) is 15.9 Å². The average molecular weight is 253 g/mol. The van der Waals surface area contributed by atoms with Crippen LogP contribution >= 0.6 is 39.1 Å². The van der Waals surface area contributed by atoms with E-state index in [0.29, 0.717) is 0 Å². The highest BCUT2D eigenvalue weighted by molar-refractivity contribution is 9.10. The minimum absolute atomic E-state index is 0.0162. The fraction of sp³-hybridized carbons (Fsp3) is 0. The van der Waals surface area contributed by atoms with E-state index in [4.69, 9.17) is 31.2 Å². The Kier molecular flexibility index (Phi) is 1.97. The fourth-order valence-electron chi connectivity index (χ4n) is 0.510. The van der Waals surface area contributed by atoms with Crippen molar-refractivity contribution in [2.45, 2.75) is 0 Å². The first-order chi connectivity index (χ1) is 6.00. The van der Waals surface area contributed by atoms with E-state index in [9.17, 15) is 0 Å². The molecule has 0 atom stereocenters. The summed E-state index contributed by atoms with van der Waals surface area (Å²) in [5, 5.41) is 8.73. The zero-order valence-electron chi connectivity index (χ0n) is 7.08. The van der Waals surface area contributed by atoms with Crippen LogP contribution in [0.4, 0.5) is 0 Å². The number of nitriles is 1. The molecule has 0 spiro atoms. The molecule has 0 aliphatic carbocycles. The van der Waals surface area contributed by atoms with Gasteiger partial charge in [-0.3, -0.25) is 0 Å². The first-order valence-electron chi connectivity index (χ1n) is 3.54.